The molecule has 0 radical (unpaired) electrons. The third-order valence-electron chi connectivity index (χ3n) is 3.66. The Morgan fingerprint density at radius 1 is 1.37 bits per heavy atom. The molecule has 2 rings (SSSR count). The number of carbonyl (C=O) groups excluding carboxylic acids is 1. The molecule has 2 atom stereocenters. The number of nitrogens with zero attached hydrogens (tertiary/aromatic N) is 1. The van der Waals surface area contributed by atoms with E-state index >= 15 is 0 Å². The molecule has 1 aromatic heterocycles. The molecule has 0 spiro atoms. The molecular formula is C14H20N2O3. The van der Waals surface area contributed by atoms with Gasteiger partial charge in [-0.3, -0.25) is 9.59 Å². The van der Waals surface area contributed by atoms with Crippen LogP contribution >= 0.6 is 0 Å². The summed E-state index contributed by atoms with van der Waals surface area (Å²) >= 11 is 0. The van der Waals surface area contributed by atoms with Gasteiger partial charge in [0.1, 0.15) is 0 Å². The molecule has 2 unspecified atom stereocenters. The third-order valence-corrected chi connectivity index (χ3v) is 3.66. The Balaban J connectivity index is 2.07. The summed E-state index contributed by atoms with van der Waals surface area (Å²) in [5.41, 5.74) is 0.133. The largest absolute Gasteiger partial charge is 0.391 e. The molecule has 5 nitrogen and oxygen atoms in total. The number of carbonyl (C=O) groups is 1. The van der Waals surface area contributed by atoms with E-state index in [9.17, 15) is 14.7 Å². The maximum atomic E-state index is 12.1. The molecular weight excluding hydrogens is 244 g/mol. The average molecular weight is 264 g/mol. The average Bonchev–Trinajstić information content (AvgIpc) is 2.58. The van der Waals surface area contributed by atoms with Gasteiger partial charge in [-0.2, -0.15) is 0 Å². The van der Waals surface area contributed by atoms with Crippen LogP contribution < -0.4 is 10.9 Å². The second-order valence-electron chi connectivity index (χ2n) is 5.15. The number of aryl methyl sites for hydroxylation is 1. The maximum absolute atomic E-state index is 12.1. The molecule has 5 heteroatoms. The molecule has 1 aromatic rings. The van der Waals surface area contributed by atoms with Crippen molar-refractivity contribution < 1.29 is 9.90 Å². The summed E-state index contributed by atoms with van der Waals surface area (Å²) < 4.78 is 1.41. The third kappa shape index (κ3) is 3.44. The van der Waals surface area contributed by atoms with Gasteiger partial charge >= 0.3 is 0 Å². The van der Waals surface area contributed by atoms with Crippen LogP contribution in [0.1, 0.15) is 42.5 Å². The van der Waals surface area contributed by atoms with E-state index in [1.54, 1.807) is 19.3 Å². The normalized spacial score (nSPS) is 23.7. The van der Waals surface area contributed by atoms with Gasteiger partial charge in [-0.05, 0) is 18.9 Å². The lowest BCUT2D eigenvalue weighted by molar-refractivity contribution is 0.0818. The van der Waals surface area contributed by atoms with E-state index in [1.165, 1.54) is 10.6 Å². The van der Waals surface area contributed by atoms with Gasteiger partial charge in [-0.1, -0.05) is 19.3 Å². The topological polar surface area (TPSA) is 71.3 Å². The van der Waals surface area contributed by atoms with Gasteiger partial charge in [-0.15, -0.1) is 0 Å². The quantitative estimate of drug-likeness (QED) is 0.776. The van der Waals surface area contributed by atoms with Gasteiger partial charge in [0.25, 0.3) is 11.5 Å². The fourth-order valence-corrected chi connectivity index (χ4v) is 2.40. The van der Waals surface area contributed by atoms with E-state index in [-0.39, 0.29) is 17.5 Å². The summed E-state index contributed by atoms with van der Waals surface area (Å²) in [4.78, 5) is 23.6. The molecule has 0 aliphatic heterocycles. The Morgan fingerprint density at radius 2 is 2.11 bits per heavy atom. The van der Waals surface area contributed by atoms with Crippen molar-refractivity contribution in [3.05, 3.63) is 34.2 Å². The number of nitrogens with one attached hydrogen (secondary N) is 1. The van der Waals surface area contributed by atoms with Crippen LogP contribution in [-0.4, -0.2) is 27.7 Å². The highest BCUT2D eigenvalue weighted by Gasteiger charge is 2.23. The second-order valence-corrected chi connectivity index (χ2v) is 5.15. The summed E-state index contributed by atoms with van der Waals surface area (Å²) in [6.45, 7) is 0. The van der Waals surface area contributed by atoms with Crippen molar-refractivity contribution in [1.29, 1.82) is 0 Å². The Kier molecular flexibility index (Phi) is 4.37. The van der Waals surface area contributed by atoms with Crippen molar-refractivity contribution in [1.82, 2.24) is 9.88 Å². The zero-order chi connectivity index (χ0) is 13.8. The van der Waals surface area contributed by atoms with Crippen molar-refractivity contribution >= 4 is 5.91 Å². The SMILES string of the molecule is Cn1ccc(C(=O)NC2CCCCCC2O)cc1=O. The number of aliphatic hydroxyl groups is 1. The van der Waals surface area contributed by atoms with Crippen LogP contribution in [0.2, 0.25) is 0 Å². The number of aliphatic hydroxyl groups excluding tert-OH is 1. The summed E-state index contributed by atoms with van der Waals surface area (Å²) in [5, 5.41) is 12.8. The summed E-state index contributed by atoms with van der Waals surface area (Å²) in [6, 6.07) is 2.72. The number of hydrogen-bond donors (Lipinski definition) is 2. The van der Waals surface area contributed by atoms with Crippen LogP contribution in [0, 0.1) is 0 Å². The number of rotatable bonds is 2. The van der Waals surface area contributed by atoms with Crippen molar-refractivity contribution in [2.24, 2.45) is 7.05 Å². The lowest BCUT2D eigenvalue weighted by Crippen LogP contribution is -2.43. The molecule has 1 amide bonds. The second kappa shape index (κ2) is 6.02. The van der Waals surface area contributed by atoms with Crippen molar-refractivity contribution in [2.45, 2.75) is 44.2 Å². The predicted octanol–water partition coefficient (Wildman–Crippen LogP) is 0.809. The van der Waals surface area contributed by atoms with E-state index in [1.807, 2.05) is 0 Å². The predicted molar refractivity (Wildman–Crippen MR) is 72.0 cm³/mol. The van der Waals surface area contributed by atoms with E-state index < -0.39 is 6.10 Å². The van der Waals surface area contributed by atoms with Crippen molar-refractivity contribution in [3.63, 3.8) is 0 Å². The van der Waals surface area contributed by atoms with Crippen molar-refractivity contribution in [2.75, 3.05) is 0 Å². The summed E-state index contributed by atoms with van der Waals surface area (Å²) in [6.07, 6.45) is 5.70. The fraction of sp³-hybridized carbons (Fsp3) is 0.571. The first-order valence-electron chi connectivity index (χ1n) is 6.73. The molecule has 104 valence electrons. The number of aromatic nitrogens is 1. The number of hydrogen-bond acceptors (Lipinski definition) is 3. The van der Waals surface area contributed by atoms with Crippen LogP contribution in [0.3, 0.4) is 0 Å². The lowest BCUT2D eigenvalue weighted by atomic mass is 10.1. The summed E-state index contributed by atoms with van der Waals surface area (Å²) in [5.74, 6) is -0.288. The van der Waals surface area contributed by atoms with Crippen molar-refractivity contribution in [3.8, 4) is 0 Å². The summed E-state index contributed by atoms with van der Waals surface area (Å²) in [7, 11) is 1.64. The van der Waals surface area contributed by atoms with Crippen LogP contribution in [0.4, 0.5) is 0 Å². The Bertz CT molecular complexity index is 510. The monoisotopic (exact) mass is 264 g/mol. The zero-order valence-corrected chi connectivity index (χ0v) is 11.1. The van der Waals surface area contributed by atoms with E-state index in [0.29, 0.717) is 5.56 Å². The first-order valence-corrected chi connectivity index (χ1v) is 6.73. The van der Waals surface area contributed by atoms with Gasteiger partial charge < -0.3 is 15.0 Å². The molecule has 19 heavy (non-hydrogen) atoms. The van der Waals surface area contributed by atoms with E-state index in [4.69, 9.17) is 0 Å². The van der Waals surface area contributed by atoms with Gasteiger partial charge in [0.2, 0.25) is 0 Å². The van der Waals surface area contributed by atoms with Gasteiger partial charge in [0, 0.05) is 24.9 Å². The first-order chi connectivity index (χ1) is 9.08. The maximum Gasteiger partial charge on any atom is 0.251 e. The molecule has 1 fully saturated rings. The molecule has 0 aromatic carbocycles. The van der Waals surface area contributed by atoms with Gasteiger partial charge in [-0.25, -0.2) is 0 Å². The Morgan fingerprint density at radius 3 is 2.84 bits per heavy atom. The van der Waals surface area contributed by atoms with E-state index in [0.717, 1.165) is 32.1 Å². The Hall–Kier alpha value is -1.62. The van der Waals surface area contributed by atoms with Crippen LogP contribution in [0.5, 0.6) is 0 Å². The van der Waals surface area contributed by atoms with Crippen LogP contribution in [0.25, 0.3) is 0 Å². The zero-order valence-electron chi connectivity index (χ0n) is 11.1. The standard InChI is InChI=1S/C14H20N2O3/c1-16-8-7-10(9-13(16)18)14(19)15-11-5-3-2-4-6-12(11)17/h7-9,11-12,17H,2-6H2,1H3,(H,15,19). The number of pyridine rings is 1. The minimum absolute atomic E-state index is 0.209. The smallest absolute Gasteiger partial charge is 0.251 e. The van der Waals surface area contributed by atoms with E-state index in [2.05, 4.69) is 5.32 Å². The Labute approximate surface area is 112 Å². The molecule has 1 saturated carbocycles. The molecule has 2 N–H and O–H groups in total. The van der Waals surface area contributed by atoms with Gasteiger partial charge in [0.15, 0.2) is 0 Å². The minimum Gasteiger partial charge on any atom is -0.391 e. The highest BCUT2D eigenvalue weighted by Crippen LogP contribution is 2.18. The molecule has 1 aliphatic rings. The van der Waals surface area contributed by atoms with Crippen LogP contribution in [0.15, 0.2) is 23.1 Å². The molecule has 1 aliphatic carbocycles. The highest BCUT2D eigenvalue weighted by molar-refractivity contribution is 5.94. The highest BCUT2D eigenvalue weighted by atomic mass is 16.3. The molecule has 0 saturated heterocycles. The molecule has 1 heterocycles. The minimum atomic E-state index is -0.488. The fourth-order valence-electron chi connectivity index (χ4n) is 2.40. The lowest BCUT2D eigenvalue weighted by Gasteiger charge is -2.21. The van der Waals surface area contributed by atoms with Gasteiger partial charge in [0.05, 0.1) is 12.1 Å². The van der Waals surface area contributed by atoms with Crippen LogP contribution in [-0.2, 0) is 7.05 Å². The molecule has 0 bridgehead atoms. The first kappa shape index (κ1) is 13.8. The number of amides is 1.